The van der Waals surface area contributed by atoms with Crippen LogP contribution in [0.4, 0.5) is 10.1 Å². The molecule has 0 unspecified atom stereocenters. The Morgan fingerprint density at radius 3 is 2.62 bits per heavy atom. The number of likely N-dealkylation sites (tertiary alicyclic amines) is 1. The Balaban J connectivity index is 1.38. The third-order valence-electron chi connectivity index (χ3n) is 5.95. The molecule has 0 saturated carbocycles. The highest BCUT2D eigenvalue weighted by Gasteiger charge is 2.35. The number of carbonyl (C=O) groups excluding carboxylic acids is 1. The zero-order valence-electron chi connectivity index (χ0n) is 16.3. The van der Waals surface area contributed by atoms with Gasteiger partial charge in [0.1, 0.15) is 5.82 Å². The van der Waals surface area contributed by atoms with Crippen LogP contribution in [0.5, 0.6) is 0 Å². The topological polar surface area (TPSA) is 60.9 Å². The summed E-state index contributed by atoms with van der Waals surface area (Å²) in [6.45, 7) is 2.54. The molecular weight excluding hydrogens is 371 g/mol. The van der Waals surface area contributed by atoms with E-state index < -0.39 is 5.97 Å². The number of aliphatic carboxylic acids is 1. The number of hydrogen-bond donors (Lipinski definition) is 1. The third-order valence-corrected chi connectivity index (χ3v) is 5.95. The van der Waals surface area contributed by atoms with Gasteiger partial charge in [-0.25, -0.2) is 4.39 Å². The van der Waals surface area contributed by atoms with E-state index in [1.54, 1.807) is 12.1 Å². The highest BCUT2D eigenvalue weighted by Crippen LogP contribution is 2.34. The zero-order valence-corrected chi connectivity index (χ0v) is 16.3. The van der Waals surface area contributed by atoms with Gasteiger partial charge < -0.3 is 14.9 Å². The number of carboxylic acid groups (broad SMARTS) is 1. The largest absolute Gasteiger partial charge is 0.481 e. The minimum atomic E-state index is -0.871. The molecule has 0 aromatic heterocycles. The van der Waals surface area contributed by atoms with Gasteiger partial charge in [0.05, 0.1) is 12.8 Å². The van der Waals surface area contributed by atoms with Crippen LogP contribution in [0, 0.1) is 5.82 Å². The number of amides is 1. The van der Waals surface area contributed by atoms with Crippen LogP contribution < -0.4 is 4.90 Å². The Morgan fingerprint density at radius 2 is 1.90 bits per heavy atom. The molecule has 0 bridgehead atoms. The van der Waals surface area contributed by atoms with Crippen molar-refractivity contribution in [3.63, 3.8) is 0 Å². The minimum absolute atomic E-state index is 0.0379. The van der Waals surface area contributed by atoms with E-state index >= 15 is 0 Å². The number of anilines is 1. The molecule has 0 aliphatic carbocycles. The molecule has 2 aliphatic heterocycles. The van der Waals surface area contributed by atoms with Crippen molar-refractivity contribution >= 4 is 17.6 Å². The molecule has 0 spiro atoms. The van der Waals surface area contributed by atoms with Crippen LogP contribution in [0.15, 0.2) is 42.5 Å². The van der Waals surface area contributed by atoms with Crippen LogP contribution in [0.2, 0.25) is 0 Å². The molecule has 1 N–H and O–H groups in total. The molecule has 4 rings (SSSR count). The van der Waals surface area contributed by atoms with Crippen LogP contribution in [-0.2, 0) is 28.9 Å². The fourth-order valence-electron chi connectivity index (χ4n) is 4.43. The predicted molar refractivity (Wildman–Crippen MR) is 109 cm³/mol. The van der Waals surface area contributed by atoms with Crippen molar-refractivity contribution in [2.24, 2.45) is 0 Å². The van der Waals surface area contributed by atoms with Crippen LogP contribution in [0.3, 0.4) is 0 Å². The average Bonchev–Trinajstić information content (AvgIpc) is 3.02. The van der Waals surface area contributed by atoms with Crippen LogP contribution >= 0.6 is 0 Å². The lowest BCUT2D eigenvalue weighted by atomic mass is 10.0. The second kappa shape index (κ2) is 8.33. The molecule has 0 radical (unpaired) electrons. The predicted octanol–water partition coefficient (Wildman–Crippen LogP) is 3.05. The Morgan fingerprint density at radius 1 is 1.14 bits per heavy atom. The van der Waals surface area contributed by atoms with Gasteiger partial charge in [-0.1, -0.05) is 30.3 Å². The monoisotopic (exact) mass is 396 g/mol. The number of nitrogens with zero attached hydrogens (tertiary/aromatic N) is 2. The standard InChI is InChI=1S/C23H25FN2O3/c24-20-4-2-1-3-17(20)7-10-25-11-8-19(9-12-25)26-21-13-16(14-23(28)29)5-6-18(21)15-22(26)27/h1-6,13,19H,7-12,14-15H2,(H,28,29). The van der Waals surface area contributed by atoms with Gasteiger partial charge >= 0.3 is 5.97 Å². The number of hydrogen-bond acceptors (Lipinski definition) is 3. The van der Waals surface area contributed by atoms with Crippen molar-refractivity contribution in [1.29, 1.82) is 0 Å². The quantitative estimate of drug-likeness (QED) is 0.815. The van der Waals surface area contributed by atoms with Gasteiger partial charge in [0, 0.05) is 31.4 Å². The van der Waals surface area contributed by atoms with E-state index in [1.807, 2.05) is 29.2 Å². The molecule has 152 valence electrons. The zero-order chi connectivity index (χ0) is 20.4. The maximum Gasteiger partial charge on any atom is 0.307 e. The van der Waals surface area contributed by atoms with Gasteiger partial charge in [-0.3, -0.25) is 9.59 Å². The smallest absolute Gasteiger partial charge is 0.307 e. The number of halogens is 1. The molecule has 29 heavy (non-hydrogen) atoms. The Hall–Kier alpha value is -2.73. The van der Waals surface area contributed by atoms with E-state index in [4.69, 9.17) is 5.11 Å². The second-order valence-corrected chi connectivity index (χ2v) is 7.89. The number of benzene rings is 2. The summed E-state index contributed by atoms with van der Waals surface area (Å²) in [5.74, 6) is -0.930. The maximum atomic E-state index is 13.8. The molecule has 6 heteroatoms. The van der Waals surface area contributed by atoms with Gasteiger partial charge in [0.15, 0.2) is 0 Å². The first kappa shape index (κ1) is 19.6. The summed E-state index contributed by atoms with van der Waals surface area (Å²) in [5, 5.41) is 9.05. The van der Waals surface area contributed by atoms with Gasteiger partial charge in [0.25, 0.3) is 0 Å². The Labute approximate surface area is 169 Å². The van der Waals surface area contributed by atoms with Gasteiger partial charge in [-0.05, 0) is 48.1 Å². The Bertz CT molecular complexity index is 922. The highest BCUT2D eigenvalue weighted by molar-refractivity contribution is 6.02. The molecule has 2 aromatic carbocycles. The number of carboxylic acids is 1. The number of carbonyl (C=O) groups is 2. The molecule has 1 fully saturated rings. The molecule has 5 nitrogen and oxygen atoms in total. The normalized spacial score (nSPS) is 17.6. The average molecular weight is 396 g/mol. The lowest BCUT2D eigenvalue weighted by Gasteiger charge is -2.37. The molecule has 2 aromatic rings. The number of rotatable bonds is 6. The van der Waals surface area contributed by atoms with Crippen molar-refractivity contribution in [2.45, 2.75) is 38.1 Å². The summed E-state index contributed by atoms with van der Waals surface area (Å²) in [4.78, 5) is 27.9. The summed E-state index contributed by atoms with van der Waals surface area (Å²) < 4.78 is 13.8. The van der Waals surface area contributed by atoms with Crippen molar-refractivity contribution in [3.05, 3.63) is 65.0 Å². The van der Waals surface area contributed by atoms with Crippen LogP contribution in [0.25, 0.3) is 0 Å². The van der Waals surface area contributed by atoms with Gasteiger partial charge in [-0.15, -0.1) is 0 Å². The maximum absolute atomic E-state index is 13.8. The van der Waals surface area contributed by atoms with Crippen LogP contribution in [-0.4, -0.2) is 47.6 Å². The van der Waals surface area contributed by atoms with Crippen molar-refractivity contribution in [2.75, 3.05) is 24.5 Å². The second-order valence-electron chi connectivity index (χ2n) is 7.89. The highest BCUT2D eigenvalue weighted by atomic mass is 19.1. The van der Waals surface area contributed by atoms with E-state index in [1.165, 1.54) is 6.07 Å². The Kier molecular flexibility index (Phi) is 5.62. The summed E-state index contributed by atoms with van der Waals surface area (Å²) in [5.41, 5.74) is 3.31. The first-order valence-electron chi connectivity index (χ1n) is 10.1. The SMILES string of the molecule is O=C(O)Cc1ccc2c(c1)N(C1CCN(CCc3ccccc3F)CC1)C(=O)C2. The van der Waals surface area contributed by atoms with Crippen molar-refractivity contribution in [1.82, 2.24) is 4.90 Å². The lowest BCUT2D eigenvalue weighted by molar-refractivity contribution is -0.136. The van der Waals surface area contributed by atoms with Crippen LogP contribution in [0.1, 0.15) is 29.5 Å². The first-order valence-corrected chi connectivity index (χ1v) is 10.1. The van der Waals surface area contributed by atoms with Gasteiger partial charge in [-0.2, -0.15) is 0 Å². The molecular formula is C23H25FN2O3. The molecule has 1 amide bonds. The first-order chi connectivity index (χ1) is 14.0. The summed E-state index contributed by atoms with van der Waals surface area (Å²) in [6, 6.07) is 12.6. The lowest BCUT2D eigenvalue weighted by Crippen LogP contribution is -2.46. The summed E-state index contributed by atoms with van der Waals surface area (Å²) >= 11 is 0. The van der Waals surface area contributed by atoms with E-state index in [-0.39, 0.29) is 24.2 Å². The fraction of sp³-hybridized carbons (Fsp3) is 0.391. The van der Waals surface area contributed by atoms with E-state index in [0.29, 0.717) is 12.8 Å². The fourth-order valence-corrected chi connectivity index (χ4v) is 4.43. The summed E-state index contributed by atoms with van der Waals surface area (Å²) in [6.07, 6.45) is 2.76. The van der Waals surface area contributed by atoms with E-state index in [2.05, 4.69) is 4.90 Å². The summed E-state index contributed by atoms with van der Waals surface area (Å²) in [7, 11) is 0. The molecule has 0 atom stereocenters. The number of fused-ring (bicyclic) bond motifs is 1. The van der Waals surface area contributed by atoms with Crippen molar-refractivity contribution in [3.8, 4) is 0 Å². The van der Waals surface area contributed by atoms with E-state index in [0.717, 1.165) is 54.9 Å². The minimum Gasteiger partial charge on any atom is -0.481 e. The molecule has 2 heterocycles. The van der Waals surface area contributed by atoms with E-state index in [9.17, 15) is 14.0 Å². The molecule has 1 saturated heterocycles. The third kappa shape index (κ3) is 4.32. The molecule has 2 aliphatic rings. The van der Waals surface area contributed by atoms with Crippen molar-refractivity contribution < 1.29 is 19.1 Å². The van der Waals surface area contributed by atoms with Gasteiger partial charge in [0.2, 0.25) is 5.91 Å². The number of piperidine rings is 1.